The average molecular weight is 1060 g/mol. The molecule has 0 aromatic rings. The van der Waals surface area contributed by atoms with E-state index in [1.165, 1.54) is 6.42 Å². The van der Waals surface area contributed by atoms with Crippen LogP contribution < -0.4 is 0 Å². The molecule has 0 aliphatic carbocycles. The number of unbranched alkanes of at least 4 members (excludes halogenated alkanes) is 14. The number of hydrogen-bond donors (Lipinski definition) is 0. The summed E-state index contributed by atoms with van der Waals surface area (Å²) in [4.78, 5) is 38.1. The summed E-state index contributed by atoms with van der Waals surface area (Å²) in [6, 6.07) is 0. The Labute approximate surface area is 472 Å². The number of allylic oxidation sites excluding steroid dienone is 28. The molecule has 6 nitrogen and oxygen atoms in total. The third kappa shape index (κ3) is 61.5. The second-order valence-corrected chi connectivity index (χ2v) is 19.5. The fourth-order valence-corrected chi connectivity index (χ4v) is 7.66. The number of rotatable bonds is 53. The maximum absolute atomic E-state index is 12.8. The van der Waals surface area contributed by atoms with Crippen LogP contribution in [-0.2, 0) is 28.6 Å². The molecule has 0 rings (SSSR count). The van der Waals surface area contributed by atoms with Gasteiger partial charge >= 0.3 is 17.9 Å². The Morgan fingerprint density at radius 3 is 0.805 bits per heavy atom. The summed E-state index contributed by atoms with van der Waals surface area (Å²) in [5.41, 5.74) is 0. The molecule has 0 aromatic carbocycles. The van der Waals surface area contributed by atoms with E-state index in [9.17, 15) is 14.4 Å². The van der Waals surface area contributed by atoms with Crippen LogP contribution in [0.4, 0.5) is 0 Å². The molecule has 0 aliphatic rings. The zero-order chi connectivity index (χ0) is 55.7. The van der Waals surface area contributed by atoms with Gasteiger partial charge in [0.1, 0.15) is 13.2 Å². The predicted octanol–water partition coefficient (Wildman–Crippen LogP) is 21.1. The Kier molecular flexibility index (Phi) is 59.0. The molecule has 0 saturated heterocycles. The number of carbonyl (C=O) groups excluding carboxylic acids is 3. The number of carbonyl (C=O) groups is 3. The van der Waals surface area contributed by atoms with Crippen LogP contribution in [0.15, 0.2) is 170 Å². The van der Waals surface area contributed by atoms with Crippen LogP contribution in [0.3, 0.4) is 0 Å². The molecule has 0 aliphatic heterocycles. The summed E-state index contributed by atoms with van der Waals surface area (Å²) in [6.07, 6.45) is 93.6. The third-order valence-electron chi connectivity index (χ3n) is 12.2. The van der Waals surface area contributed by atoms with Crippen molar-refractivity contribution in [2.75, 3.05) is 13.2 Å². The Balaban J connectivity index is 4.34. The molecule has 0 aromatic heterocycles. The molecule has 1 atom stereocenters. The van der Waals surface area contributed by atoms with Crippen LogP contribution in [0.1, 0.15) is 239 Å². The minimum Gasteiger partial charge on any atom is -0.462 e. The molecule has 0 saturated carbocycles. The maximum Gasteiger partial charge on any atom is 0.306 e. The highest BCUT2D eigenvalue weighted by Crippen LogP contribution is 2.13. The molecule has 6 heteroatoms. The van der Waals surface area contributed by atoms with Crippen molar-refractivity contribution < 1.29 is 28.6 Å². The molecular weight excluding hydrogens is 949 g/mol. The molecule has 0 N–H and O–H groups in total. The van der Waals surface area contributed by atoms with Gasteiger partial charge in [0.15, 0.2) is 6.10 Å². The largest absolute Gasteiger partial charge is 0.462 e. The van der Waals surface area contributed by atoms with E-state index in [4.69, 9.17) is 14.2 Å². The van der Waals surface area contributed by atoms with Gasteiger partial charge < -0.3 is 14.2 Å². The first-order valence-corrected chi connectivity index (χ1v) is 30.6. The van der Waals surface area contributed by atoms with E-state index in [-0.39, 0.29) is 37.5 Å². The number of esters is 3. The van der Waals surface area contributed by atoms with Crippen molar-refractivity contribution in [3.63, 3.8) is 0 Å². The normalized spacial score (nSPS) is 13.3. The Morgan fingerprint density at radius 1 is 0.273 bits per heavy atom. The van der Waals surface area contributed by atoms with Crippen molar-refractivity contribution in [3.8, 4) is 0 Å². The lowest BCUT2D eigenvalue weighted by Gasteiger charge is -2.18. The van der Waals surface area contributed by atoms with Gasteiger partial charge in [0.2, 0.25) is 0 Å². The van der Waals surface area contributed by atoms with Gasteiger partial charge in [0.05, 0.1) is 0 Å². The Hall–Kier alpha value is -5.23. The van der Waals surface area contributed by atoms with Crippen LogP contribution in [-0.4, -0.2) is 37.2 Å². The van der Waals surface area contributed by atoms with E-state index >= 15 is 0 Å². The van der Waals surface area contributed by atoms with Gasteiger partial charge in [0, 0.05) is 19.3 Å². The second-order valence-electron chi connectivity index (χ2n) is 19.5. The maximum atomic E-state index is 12.8. The lowest BCUT2D eigenvalue weighted by molar-refractivity contribution is -0.167. The van der Waals surface area contributed by atoms with Crippen LogP contribution in [0, 0.1) is 0 Å². The SMILES string of the molecule is CC/C=C\C/C=C\C/C=C\C/C=C\C/C=C\C/C=C\C/C=C\C/C=C\C/C=C\CCCCCCCC(=O)OCC(COC(=O)CCCCCCC/C=C\C/C=C\CCC)OC(=O)CCCCC/C=C\C/C=C\C/C=C\CC. The van der Waals surface area contributed by atoms with Crippen LogP contribution in [0.2, 0.25) is 0 Å². The molecule has 0 amide bonds. The van der Waals surface area contributed by atoms with Crippen molar-refractivity contribution in [1.82, 2.24) is 0 Å². The van der Waals surface area contributed by atoms with E-state index < -0.39 is 6.10 Å². The van der Waals surface area contributed by atoms with E-state index in [1.54, 1.807) is 0 Å². The first-order chi connectivity index (χ1) is 38.0. The molecule has 430 valence electrons. The van der Waals surface area contributed by atoms with Crippen molar-refractivity contribution in [3.05, 3.63) is 170 Å². The molecule has 77 heavy (non-hydrogen) atoms. The quantitative estimate of drug-likeness (QED) is 0.0261. The summed E-state index contributed by atoms with van der Waals surface area (Å²) in [5, 5.41) is 0. The standard InChI is InChI=1S/C71H110O6/c1-4-7-10-13-16-19-22-25-26-27-28-29-30-31-32-33-34-35-36-37-38-39-40-41-42-43-44-47-49-52-55-58-61-64-70(73)76-67-68(77-71(74)65-62-59-56-53-50-46-24-21-18-15-12-9-6-3)66-75-69(72)63-60-57-54-51-48-45-23-20-17-14-11-8-5-2/h7,9-12,14,16,18-21,23,25-26,28-29,31-32,34-35,37-38,40-41,43-44,46,50,68H,4-6,8,13,15,17,22,24,27,30,33,36,39,42,45,47-49,51-67H2,1-3H3/b10-7-,12-9-,14-11-,19-16-,21-18-,23-20-,26-25-,29-28-,32-31-,35-34-,38-37-,41-40-,44-43-,50-46-. The molecule has 0 radical (unpaired) electrons. The monoisotopic (exact) mass is 1060 g/mol. The summed E-state index contributed by atoms with van der Waals surface area (Å²) in [5.74, 6) is -0.983. The summed E-state index contributed by atoms with van der Waals surface area (Å²) in [7, 11) is 0. The molecule has 0 spiro atoms. The Morgan fingerprint density at radius 2 is 0.506 bits per heavy atom. The van der Waals surface area contributed by atoms with E-state index in [2.05, 4.69) is 191 Å². The van der Waals surface area contributed by atoms with Crippen LogP contribution in [0.5, 0.6) is 0 Å². The second kappa shape index (κ2) is 63.3. The highest BCUT2D eigenvalue weighted by molar-refractivity contribution is 5.71. The molecule has 0 bridgehead atoms. The van der Waals surface area contributed by atoms with Crippen LogP contribution >= 0.6 is 0 Å². The van der Waals surface area contributed by atoms with Crippen molar-refractivity contribution in [2.45, 2.75) is 245 Å². The van der Waals surface area contributed by atoms with E-state index in [1.807, 2.05) is 0 Å². The van der Waals surface area contributed by atoms with Crippen molar-refractivity contribution in [1.29, 1.82) is 0 Å². The van der Waals surface area contributed by atoms with Crippen molar-refractivity contribution in [2.24, 2.45) is 0 Å². The minimum absolute atomic E-state index is 0.111. The lowest BCUT2D eigenvalue weighted by atomic mass is 10.1. The summed E-state index contributed by atoms with van der Waals surface area (Å²) < 4.78 is 16.8. The summed E-state index contributed by atoms with van der Waals surface area (Å²) >= 11 is 0. The zero-order valence-corrected chi connectivity index (χ0v) is 49.1. The van der Waals surface area contributed by atoms with Gasteiger partial charge in [-0.05, 0) is 148 Å². The topological polar surface area (TPSA) is 78.9 Å². The molecular formula is C71H110O6. The number of ether oxygens (including phenoxy) is 3. The fraction of sp³-hybridized carbons (Fsp3) is 0.563. The molecule has 0 heterocycles. The van der Waals surface area contributed by atoms with Crippen molar-refractivity contribution >= 4 is 17.9 Å². The highest BCUT2D eigenvalue weighted by atomic mass is 16.6. The highest BCUT2D eigenvalue weighted by Gasteiger charge is 2.19. The molecule has 1 unspecified atom stereocenters. The fourth-order valence-electron chi connectivity index (χ4n) is 7.66. The lowest BCUT2D eigenvalue weighted by Crippen LogP contribution is -2.30. The van der Waals surface area contributed by atoms with E-state index in [0.717, 1.165) is 186 Å². The average Bonchev–Trinajstić information content (AvgIpc) is 3.43. The van der Waals surface area contributed by atoms with E-state index in [0.29, 0.717) is 19.3 Å². The molecule has 0 fully saturated rings. The van der Waals surface area contributed by atoms with Gasteiger partial charge in [-0.15, -0.1) is 0 Å². The van der Waals surface area contributed by atoms with Crippen LogP contribution in [0.25, 0.3) is 0 Å². The van der Waals surface area contributed by atoms with Gasteiger partial charge in [-0.1, -0.05) is 242 Å². The smallest absolute Gasteiger partial charge is 0.306 e. The number of hydrogen-bond acceptors (Lipinski definition) is 6. The Bertz CT molecular complexity index is 1790. The zero-order valence-electron chi connectivity index (χ0n) is 49.1. The summed E-state index contributed by atoms with van der Waals surface area (Å²) in [6.45, 7) is 6.27. The first-order valence-electron chi connectivity index (χ1n) is 30.6. The van der Waals surface area contributed by atoms with Gasteiger partial charge in [0.25, 0.3) is 0 Å². The first kappa shape index (κ1) is 71.8. The third-order valence-corrected chi connectivity index (χ3v) is 12.2. The minimum atomic E-state index is -0.816. The van der Waals surface area contributed by atoms with Gasteiger partial charge in [-0.3, -0.25) is 14.4 Å². The predicted molar refractivity (Wildman–Crippen MR) is 334 cm³/mol. The van der Waals surface area contributed by atoms with Gasteiger partial charge in [-0.25, -0.2) is 0 Å². The van der Waals surface area contributed by atoms with Gasteiger partial charge in [-0.2, -0.15) is 0 Å².